The Morgan fingerprint density at radius 3 is 2.88 bits per heavy atom. The van der Waals surface area contributed by atoms with Crippen molar-refractivity contribution in [1.29, 1.82) is 0 Å². The van der Waals surface area contributed by atoms with Gasteiger partial charge in [-0.15, -0.1) is 11.3 Å². The van der Waals surface area contributed by atoms with Crippen molar-refractivity contribution in [3.63, 3.8) is 0 Å². The van der Waals surface area contributed by atoms with Crippen molar-refractivity contribution >= 4 is 27.3 Å². The van der Waals surface area contributed by atoms with Crippen LogP contribution in [0.25, 0.3) is 10.2 Å². The lowest BCUT2D eigenvalue weighted by Crippen LogP contribution is -1.94. The fourth-order valence-electron chi connectivity index (χ4n) is 1.42. The topological polar surface area (TPSA) is 30.0 Å². The van der Waals surface area contributed by atoms with Crippen molar-refractivity contribution in [1.82, 2.24) is 4.98 Å². The van der Waals surface area contributed by atoms with Crippen molar-refractivity contribution in [2.45, 2.75) is 19.8 Å². The summed E-state index contributed by atoms with van der Waals surface area (Å²) in [6, 6.07) is 4.39. The van der Waals surface area contributed by atoms with Crippen LogP contribution < -0.4 is 0 Å². The third-order valence-corrected chi connectivity index (χ3v) is 3.14. The highest BCUT2D eigenvalue weighted by atomic mass is 32.1. The van der Waals surface area contributed by atoms with Gasteiger partial charge in [-0.3, -0.25) is 4.79 Å². The van der Waals surface area contributed by atoms with Crippen LogP contribution in [0.5, 0.6) is 0 Å². The lowest BCUT2D eigenvalue weighted by Gasteiger charge is -1.97. The molecule has 0 saturated carbocycles. The number of aromatic nitrogens is 1. The molecule has 0 spiro atoms. The van der Waals surface area contributed by atoms with Gasteiger partial charge in [-0.05, 0) is 19.1 Å². The van der Waals surface area contributed by atoms with E-state index in [0.29, 0.717) is 10.5 Å². The number of carbonyl (C=O) groups is 1. The van der Waals surface area contributed by atoms with Crippen LogP contribution >= 0.6 is 11.3 Å². The number of halogens is 2. The first-order valence-electron chi connectivity index (χ1n) is 4.73. The molecule has 1 aromatic carbocycles. The first-order chi connectivity index (χ1) is 7.56. The van der Waals surface area contributed by atoms with Gasteiger partial charge in [-0.2, -0.15) is 0 Å². The normalized spacial score (nSPS) is 11.2. The zero-order valence-electron chi connectivity index (χ0n) is 8.54. The Morgan fingerprint density at radius 1 is 1.50 bits per heavy atom. The van der Waals surface area contributed by atoms with Gasteiger partial charge in [0.2, 0.25) is 0 Å². The highest BCUT2D eigenvalue weighted by molar-refractivity contribution is 7.18. The zero-order chi connectivity index (χ0) is 11.7. The summed E-state index contributed by atoms with van der Waals surface area (Å²) < 4.78 is 25.7. The fourth-order valence-corrected chi connectivity index (χ4v) is 2.43. The number of carbonyl (C=O) groups excluding carboxylic acids is 1. The standard InChI is InChI=1S/C11H9F2NOS/c1-6(15)4-10-14-8-5-7(11(12)13)2-3-9(8)16-10/h2-3,5,11H,4H2,1H3. The summed E-state index contributed by atoms with van der Waals surface area (Å²) in [5.74, 6) is 0.0214. The molecule has 0 unspecified atom stereocenters. The van der Waals surface area contributed by atoms with Crippen LogP contribution in [-0.4, -0.2) is 10.8 Å². The minimum absolute atomic E-state index is 0.0214. The molecule has 0 aliphatic carbocycles. The fraction of sp³-hybridized carbons (Fsp3) is 0.273. The Hall–Kier alpha value is -1.36. The van der Waals surface area contributed by atoms with Crippen molar-refractivity contribution in [3.8, 4) is 0 Å². The van der Waals surface area contributed by atoms with Crippen LogP contribution in [-0.2, 0) is 11.2 Å². The van der Waals surface area contributed by atoms with Crippen molar-refractivity contribution in [3.05, 3.63) is 28.8 Å². The van der Waals surface area contributed by atoms with Crippen molar-refractivity contribution < 1.29 is 13.6 Å². The van der Waals surface area contributed by atoms with Gasteiger partial charge in [0.1, 0.15) is 10.8 Å². The highest BCUT2D eigenvalue weighted by Gasteiger charge is 2.10. The molecule has 0 aliphatic rings. The molecular weight excluding hydrogens is 232 g/mol. The Balaban J connectivity index is 2.41. The zero-order valence-corrected chi connectivity index (χ0v) is 9.35. The molecule has 0 N–H and O–H groups in total. The second-order valence-electron chi connectivity index (χ2n) is 3.51. The van der Waals surface area contributed by atoms with Crippen LogP contribution in [0.1, 0.15) is 23.9 Å². The van der Waals surface area contributed by atoms with Crippen molar-refractivity contribution in [2.75, 3.05) is 0 Å². The molecule has 0 bridgehead atoms. The predicted molar refractivity (Wildman–Crippen MR) is 59.0 cm³/mol. The molecule has 0 saturated heterocycles. The first kappa shape index (κ1) is 11.1. The van der Waals surface area contributed by atoms with E-state index in [1.54, 1.807) is 6.07 Å². The van der Waals surface area contributed by atoms with Crippen LogP contribution in [0, 0.1) is 0 Å². The van der Waals surface area contributed by atoms with Gasteiger partial charge in [0, 0.05) is 5.56 Å². The molecule has 1 aromatic heterocycles. The summed E-state index contributed by atoms with van der Waals surface area (Å²) in [6.45, 7) is 1.48. The number of fused-ring (bicyclic) bond motifs is 1. The molecule has 5 heteroatoms. The number of rotatable bonds is 3. The number of hydrogen-bond acceptors (Lipinski definition) is 3. The minimum Gasteiger partial charge on any atom is -0.300 e. The quantitative estimate of drug-likeness (QED) is 0.824. The van der Waals surface area contributed by atoms with E-state index in [1.807, 2.05) is 0 Å². The number of benzene rings is 1. The molecule has 0 radical (unpaired) electrons. The summed E-state index contributed by atoms with van der Waals surface area (Å²) in [4.78, 5) is 15.1. The van der Waals surface area contributed by atoms with E-state index >= 15 is 0 Å². The van der Waals surface area contributed by atoms with Gasteiger partial charge in [0.15, 0.2) is 0 Å². The molecule has 0 fully saturated rings. The smallest absolute Gasteiger partial charge is 0.263 e. The van der Waals surface area contributed by atoms with Crippen LogP contribution in [0.3, 0.4) is 0 Å². The molecular formula is C11H9F2NOS. The van der Waals surface area contributed by atoms with E-state index in [1.165, 1.54) is 30.4 Å². The maximum atomic E-state index is 12.4. The van der Waals surface area contributed by atoms with Crippen LogP contribution in [0.15, 0.2) is 18.2 Å². The van der Waals surface area contributed by atoms with Crippen molar-refractivity contribution in [2.24, 2.45) is 0 Å². The summed E-state index contributed by atoms with van der Waals surface area (Å²) in [6.07, 6.45) is -2.22. The van der Waals surface area contributed by atoms with E-state index in [9.17, 15) is 13.6 Å². The largest absolute Gasteiger partial charge is 0.300 e. The number of nitrogens with zero attached hydrogens (tertiary/aromatic N) is 1. The second-order valence-corrected chi connectivity index (χ2v) is 4.63. The molecule has 0 amide bonds. The molecule has 0 atom stereocenters. The SMILES string of the molecule is CC(=O)Cc1nc2cc(C(F)F)ccc2s1. The predicted octanol–water partition coefficient (Wildman–Crippen LogP) is 3.37. The van der Waals surface area contributed by atoms with Crippen LogP contribution in [0.4, 0.5) is 8.78 Å². The van der Waals surface area contributed by atoms with E-state index in [2.05, 4.69) is 4.98 Å². The van der Waals surface area contributed by atoms with Gasteiger partial charge in [0.05, 0.1) is 16.6 Å². The van der Waals surface area contributed by atoms with E-state index < -0.39 is 6.43 Å². The molecule has 84 valence electrons. The van der Waals surface area contributed by atoms with Crippen LogP contribution in [0.2, 0.25) is 0 Å². The summed E-state index contributed by atoms with van der Waals surface area (Å²) in [5.41, 5.74) is 0.506. The van der Waals surface area contributed by atoms with E-state index in [0.717, 1.165) is 4.70 Å². The lowest BCUT2D eigenvalue weighted by atomic mass is 10.2. The summed E-state index contributed by atoms with van der Waals surface area (Å²) in [7, 11) is 0. The number of Topliss-reactive ketones (excluding diaryl/α,β-unsaturated/α-hetero) is 1. The molecule has 2 rings (SSSR count). The molecule has 2 aromatic rings. The van der Waals surface area contributed by atoms with Gasteiger partial charge < -0.3 is 0 Å². The third-order valence-electron chi connectivity index (χ3n) is 2.11. The van der Waals surface area contributed by atoms with Gasteiger partial charge in [0.25, 0.3) is 6.43 Å². The number of alkyl halides is 2. The number of hydrogen-bond donors (Lipinski definition) is 0. The third kappa shape index (κ3) is 2.24. The molecule has 1 heterocycles. The molecule has 0 aliphatic heterocycles. The maximum Gasteiger partial charge on any atom is 0.263 e. The Morgan fingerprint density at radius 2 is 2.25 bits per heavy atom. The van der Waals surface area contributed by atoms with E-state index in [4.69, 9.17) is 0 Å². The average Bonchev–Trinajstić information content (AvgIpc) is 2.56. The molecule has 16 heavy (non-hydrogen) atoms. The van der Waals surface area contributed by atoms with Gasteiger partial charge in [-0.1, -0.05) is 6.07 Å². The number of ketones is 1. The second kappa shape index (κ2) is 4.25. The van der Waals surface area contributed by atoms with Gasteiger partial charge in [-0.25, -0.2) is 13.8 Å². The lowest BCUT2D eigenvalue weighted by molar-refractivity contribution is -0.116. The summed E-state index contributed by atoms with van der Waals surface area (Å²) in [5, 5.41) is 0.675. The summed E-state index contributed by atoms with van der Waals surface area (Å²) >= 11 is 1.37. The van der Waals surface area contributed by atoms with E-state index in [-0.39, 0.29) is 17.8 Å². The Kier molecular flexibility index (Phi) is 2.96. The number of thiazole rings is 1. The monoisotopic (exact) mass is 241 g/mol. The highest BCUT2D eigenvalue weighted by Crippen LogP contribution is 2.27. The van der Waals surface area contributed by atoms with Gasteiger partial charge >= 0.3 is 0 Å². The average molecular weight is 241 g/mol. The minimum atomic E-state index is -2.48. The maximum absolute atomic E-state index is 12.4. The Bertz CT molecular complexity index is 536. The first-order valence-corrected chi connectivity index (χ1v) is 5.55. The molecule has 2 nitrogen and oxygen atoms in total. The Labute approximate surface area is 94.9 Å².